The van der Waals surface area contributed by atoms with Crippen molar-refractivity contribution in [3.05, 3.63) is 29.8 Å². The smallest absolute Gasteiger partial charge is 0.257 e. The van der Waals surface area contributed by atoms with E-state index in [1.54, 1.807) is 0 Å². The first-order valence-electron chi connectivity index (χ1n) is 8.43. The fraction of sp³-hybridized carbons (Fsp3) is 0.611. The van der Waals surface area contributed by atoms with Gasteiger partial charge in [0.2, 0.25) is 0 Å². The highest BCUT2D eigenvalue weighted by Gasteiger charge is 2.27. The van der Waals surface area contributed by atoms with Crippen LogP contribution in [0, 0.1) is 11.8 Å². The molecule has 1 aromatic carbocycles. The minimum Gasteiger partial charge on any atom is -0.492 e. The van der Waals surface area contributed by atoms with Gasteiger partial charge in [0.05, 0.1) is 12.2 Å². The SMILES string of the molecule is CNCC1CCCN(C(=O)c2ccccc2OCC2CC2)C1. The first-order chi connectivity index (χ1) is 10.8. The Bertz CT molecular complexity index is 512. The minimum atomic E-state index is 0.118. The molecule has 0 spiro atoms. The van der Waals surface area contributed by atoms with Gasteiger partial charge in [-0.2, -0.15) is 0 Å². The van der Waals surface area contributed by atoms with E-state index < -0.39 is 0 Å². The predicted octanol–water partition coefficient (Wildman–Crippen LogP) is 2.55. The topological polar surface area (TPSA) is 41.6 Å². The highest BCUT2D eigenvalue weighted by Crippen LogP contribution is 2.31. The van der Waals surface area contributed by atoms with Crippen LogP contribution in [0.2, 0.25) is 0 Å². The lowest BCUT2D eigenvalue weighted by molar-refractivity contribution is 0.0669. The third-order valence-corrected chi connectivity index (χ3v) is 4.59. The van der Waals surface area contributed by atoms with Crippen LogP contribution in [0.15, 0.2) is 24.3 Å². The van der Waals surface area contributed by atoms with Crippen LogP contribution in [0.5, 0.6) is 5.75 Å². The second-order valence-corrected chi connectivity index (χ2v) is 6.57. The van der Waals surface area contributed by atoms with Gasteiger partial charge in [-0.15, -0.1) is 0 Å². The Kier molecular flexibility index (Phi) is 4.98. The summed E-state index contributed by atoms with van der Waals surface area (Å²) in [5.41, 5.74) is 0.716. The van der Waals surface area contributed by atoms with E-state index in [4.69, 9.17) is 4.74 Å². The fourth-order valence-corrected chi connectivity index (χ4v) is 3.14. The molecule has 1 aliphatic heterocycles. The van der Waals surface area contributed by atoms with E-state index in [9.17, 15) is 4.79 Å². The number of hydrogen-bond acceptors (Lipinski definition) is 3. The lowest BCUT2D eigenvalue weighted by Crippen LogP contribution is -2.42. The van der Waals surface area contributed by atoms with E-state index in [-0.39, 0.29) is 5.91 Å². The summed E-state index contributed by atoms with van der Waals surface area (Å²) in [5.74, 6) is 2.11. The van der Waals surface area contributed by atoms with Crippen LogP contribution in [0.3, 0.4) is 0 Å². The molecule has 120 valence electrons. The normalized spacial score (nSPS) is 21.7. The Labute approximate surface area is 132 Å². The molecule has 2 aliphatic rings. The van der Waals surface area contributed by atoms with Gasteiger partial charge >= 0.3 is 0 Å². The summed E-state index contributed by atoms with van der Waals surface area (Å²) in [5, 5.41) is 3.23. The van der Waals surface area contributed by atoms with Crippen LogP contribution in [0.25, 0.3) is 0 Å². The van der Waals surface area contributed by atoms with Crippen molar-refractivity contribution >= 4 is 5.91 Å². The highest BCUT2D eigenvalue weighted by atomic mass is 16.5. The summed E-state index contributed by atoms with van der Waals surface area (Å²) in [6, 6.07) is 7.68. The monoisotopic (exact) mass is 302 g/mol. The molecule has 1 saturated carbocycles. The van der Waals surface area contributed by atoms with Gasteiger partial charge in [0, 0.05) is 13.1 Å². The van der Waals surface area contributed by atoms with E-state index in [1.807, 2.05) is 36.2 Å². The maximum absolute atomic E-state index is 12.9. The van der Waals surface area contributed by atoms with Crippen molar-refractivity contribution in [2.24, 2.45) is 11.8 Å². The third-order valence-electron chi connectivity index (χ3n) is 4.59. The number of carbonyl (C=O) groups is 1. The van der Waals surface area contributed by atoms with Crippen molar-refractivity contribution in [1.29, 1.82) is 0 Å². The van der Waals surface area contributed by atoms with Gasteiger partial charge in [-0.25, -0.2) is 0 Å². The van der Waals surface area contributed by atoms with Gasteiger partial charge < -0.3 is 15.0 Å². The van der Waals surface area contributed by atoms with Crippen molar-refractivity contribution < 1.29 is 9.53 Å². The van der Waals surface area contributed by atoms with Gasteiger partial charge in [0.25, 0.3) is 5.91 Å². The molecule has 1 aliphatic carbocycles. The standard InChI is InChI=1S/C18H26N2O2/c1-19-11-15-5-4-10-20(12-15)18(21)16-6-2-3-7-17(16)22-13-14-8-9-14/h2-3,6-7,14-15,19H,4-5,8-13H2,1H3. The molecule has 3 rings (SSSR count). The lowest BCUT2D eigenvalue weighted by Gasteiger charge is -2.33. The van der Waals surface area contributed by atoms with Crippen molar-refractivity contribution in [3.63, 3.8) is 0 Å². The zero-order chi connectivity index (χ0) is 15.4. The molecule has 4 heteroatoms. The Morgan fingerprint density at radius 3 is 2.86 bits per heavy atom. The number of piperidine rings is 1. The number of nitrogens with zero attached hydrogens (tertiary/aromatic N) is 1. The van der Waals surface area contributed by atoms with Gasteiger partial charge in [0.1, 0.15) is 5.75 Å². The summed E-state index contributed by atoms with van der Waals surface area (Å²) in [7, 11) is 1.97. The van der Waals surface area contributed by atoms with E-state index in [0.717, 1.165) is 38.4 Å². The molecule has 1 heterocycles. The number of ether oxygens (including phenoxy) is 1. The van der Waals surface area contributed by atoms with Crippen molar-refractivity contribution in [3.8, 4) is 5.75 Å². The summed E-state index contributed by atoms with van der Waals surface area (Å²) in [4.78, 5) is 14.8. The van der Waals surface area contributed by atoms with Gasteiger partial charge in [-0.05, 0) is 63.2 Å². The number of nitrogens with one attached hydrogen (secondary N) is 1. The predicted molar refractivity (Wildman–Crippen MR) is 87.2 cm³/mol. The molecule has 1 saturated heterocycles. The minimum absolute atomic E-state index is 0.118. The Balaban J connectivity index is 1.67. The Hall–Kier alpha value is -1.55. The number of likely N-dealkylation sites (tertiary alicyclic amines) is 1. The molecule has 1 atom stereocenters. The zero-order valence-electron chi connectivity index (χ0n) is 13.4. The molecule has 4 nitrogen and oxygen atoms in total. The van der Waals surface area contributed by atoms with Crippen molar-refractivity contribution in [2.75, 3.05) is 33.3 Å². The van der Waals surface area contributed by atoms with Crippen LogP contribution >= 0.6 is 0 Å². The lowest BCUT2D eigenvalue weighted by atomic mass is 9.97. The quantitative estimate of drug-likeness (QED) is 0.878. The summed E-state index contributed by atoms with van der Waals surface area (Å²) in [6.45, 7) is 3.42. The average Bonchev–Trinajstić information content (AvgIpc) is 3.37. The first kappa shape index (κ1) is 15.3. The molecule has 22 heavy (non-hydrogen) atoms. The first-order valence-corrected chi connectivity index (χ1v) is 8.43. The number of amides is 1. The van der Waals surface area contributed by atoms with E-state index >= 15 is 0 Å². The molecule has 1 amide bonds. The average molecular weight is 302 g/mol. The zero-order valence-corrected chi connectivity index (χ0v) is 13.4. The van der Waals surface area contributed by atoms with Crippen LogP contribution in [-0.2, 0) is 0 Å². The third kappa shape index (κ3) is 3.80. The van der Waals surface area contributed by atoms with Gasteiger partial charge in [-0.3, -0.25) is 4.79 Å². The van der Waals surface area contributed by atoms with Crippen LogP contribution in [-0.4, -0.2) is 44.1 Å². The Morgan fingerprint density at radius 1 is 1.27 bits per heavy atom. The maximum Gasteiger partial charge on any atom is 0.257 e. The summed E-state index contributed by atoms with van der Waals surface area (Å²) >= 11 is 0. The van der Waals surface area contributed by atoms with E-state index in [2.05, 4.69) is 5.32 Å². The number of benzene rings is 1. The van der Waals surface area contributed by atoms with Crippen LogP contribution in [0.4, 0.5) is 0 Å². The molecule has 0 aromatic heterocycles. The molecule has 2 fully saturated rings. The largest absolute Gasteiger partial charge is 0.492 e. The van der Waals surface area contributed by atoms with Crippen LogP contribution in [0.1, 0.15) is 36.0 Å². The summed E-state index contributed by atoms with van der Waals surface area (Å²) < 4.78 is 5.89. The maximum atomic E-state index is 12.9. The van der Waals surface area contributed by atoms with E-state index in [0.29, 0.717) is 17.4 Å². The number of rotatable bonds is 6. The Morgan fingerprint density at radius 2 is 2.09 bits per heavy atom. The molecular weight excluding hydrogens is 276 g/mol. The highest BCUT2D eigenvalue weighted by molar-refractivity contribution is 5.97. The second-order valence-electron chi connectivity index (χ2n) is 6.57. The van der Waals surface area contributed by atoms with Gasteiger partial charge in [-0.1, -0.05) is 12.1 Å². The molecule has 1 unspecified atom stereocenters. The molecule has 1 N–H and O–H groups in total. The van der Waals surface area contributed by atoms with Crippen LogP contribution < -0.4 is 10.1 Å². The molecule has 0 radical (unpaired) electrons. The van der Waals surface area contributed by atoms with Gasteiger partial charge in [0.15, 0.2) is 0 Å². The number of carbonyl (C=O) groups excluding carboxylic acids is 1. The number of hydrogen-bond donors (Lipinski definition) is 1. The number of para-hydroxylation sites is 1. The molecular formula is C18H26N2O2. The summed E-state index contributed by atoms with van der Waals surface area (Å²) in [6.07, 6.45) is 4.80. The van der Waals surface area contributed by atoms with Crippen molar-refractivity contribution in [2.45, 2.75) is 25.7 Å². The molecule has 1 aromatic rings. The fourth-order valence-electron chi connectivity index (χ4n) is 3.14. The van der Waals surface area contributed by atoms with E-state index in [1.165, 1.54) is 19.3 Å². The molecule has 0 bridgehead atoms. The van der Waals surface area contributed by atoms with Crippen molar-refractivity contribution in [1.82, 2.24) is 10.2 Å². The second kappa shape index (κ2) is 7.14.